The SMILES string of the molecule is COC(=O)c1ccc(OCCOc2ccccc2Cl)c(OC)c1. The van der Waals surface area contributed by atoms with Crippen LogP contribution in [0.3, 0.4) is 0 Å². The van der Waals surface area contributed by atoms with Crippen LogP contribution in [-0.4, -0.2) is 33.4 Å². The number of carbonyl (C=O) groups is 1. The Hall–Kier alpha value is -2.40. The molecule has 0 saturated carbocycles. The molecule has 0 N–H and O–H groups in total. The molecule has 0 spiro atoms. The van der Waals surface area contributed by atoms with Gasteiger partial charge in [-0.15, -0.1) is 0 Å². The van der Waals surface area contributed by atoms with Gasteiger partial charge < -0.3 is 18.9 Å². The molecule has 0 unspecified atom stereocenters. The van der Waals surface area contributed by atoms with Crippen molar-refractivity contribution in [3.05, 3.63) is 53.1 Å². The van der Waals surface area contributed by atoms with Crippen molar-refractivity contribution < 1.29 is 23.7 Å². The van der Waals surface area contributed by atoms with Gasteiger partial charge in [0.1, 0.15) is 19.0 Å². The van der Waals surface area contributed by atoms with Gasteiger partial charge in [0, 0.05) is 0 Å². The average Bonchev–Trinajstić information content (AvgIpc) is 2.59. The number of ether oxygens (including phenoxy) is 4. The van der Waals surface area contributed by atoms with Crippen molar-refractivity contribution in [3.63, 3.8) is 0 Å². The Balaban J connectivity index is 1.93. The maximum absolute atomic E-state index is 11.5. The maximum atomic E-state index is 11.5. The number of esters is 1. The highest BCUT2D eigenvalue weighted by Gasteiger charge is 2.11. The summed E-state index contributed by atoms with van der Waals surface area (Å²) in [6, 6.07) is 12.0. The highest BCUT2D eigenvalue weighted by molar-refractivity contribution is 6.32. The van der Waals surface area contributed by atoms with E-state index in [0.717, 1.165) is 0 Å². The van der Waals surface area contributed by atoms with Crippen LogP contribution in [0.1, 0.15) is 10.4 Å². The third-order valence-electron chi connectivity index (χ3n) is 3.02. The van der Waals surface area contributed by atoms with Crippen LogP contribution in [0.4, 0.5) is 0 Å². The molecule has 0 aliphatic heterocycles. The van der Waals surface area contributed by atoms with E-state index in [1.54, 1.807) is 30.3 Å². The summed E-state index contributed by atoms with van der Waals surface area (Å²) in [6.45, 7) is 0.630. The summed E-state index contributed by atoms with van der Waals surface area (Å²) < 4.78 is 21.0. The van der Waals surface area contributed by atoms with Gasteiger partial charge in [-0.05, 0) is 30.3 Å². The topological polar surface area (TPSA) is 54.0 Å². The number of benzene rings is 2. The fourth-order valence-corrected chi connectivity index (χ4v) is 2.09. The highest BCUT2D eigenvalue weighted by atomic mass is 35.5. The summed E-state index contributed by atoms with van der Waals surface area (Å²) in [7, 11) is 2.83. The molecule has 0 bridgehead atoms. The van der Waals surface area contributed by atoms with Crippen LogP contribution in [0.5, 0.6) is 17.2 Å². The van der Waals surface area contributed by atoms with Gasteiger partial charge in [-0.2, -0.15) is 0 Å². The number of para-hydroxylation sites is 1. The van der Waals surface area contributed by atoms with Crippen molar-refractivity contribution in [2.75, 3.05) is 27.4 Å². The molecule has 2 aromatic carbocycles. The molecule has 0 aliphatic carbocycles. The van der Waals surface area contributed by atoms with E-state index in [1.165, 1.54) is 14.2 Å². The number of hydrogen-bond acceptors (Lipinski definition) is 5. The quantitative estimate of drug-likeness (QED) is 0.571. The van der Waals surface area contributed by atoms with Gasteiger partial charge in [-0.1, -0.05) is 23.7 Å². The lowest BCUT2D eigenvalue weighted by atomic mass is 10.2. The third-order valence-corrected chi connectivity index (χ3v) is 3.33. The van der Waals surface area contributed by atoms with E-state index in [-0.39, 0.29) is 0 Å². The van der Waals surface area contributed by atoms with Crippen LogP contribution < -0.4 is 14.2 Å². The van der Waals surface area contributed by atoms with Crippen molar-refractivity contribution >= 4 is 17.6 Å². The number of halogens is 1. The van der Waals surface area contributed by atoms with Gasteiger partial charge >= 0.3 is 5.97 Å². The fourth-order valence-electron chi connectivity index (χ4n) is 1.90. The van der Waals surface area contributed by atoms with E-state index < -0.39 is 5.97 Å². The minimum Gasteiger partial charge on any atom is -0.493 e. The van der Waals surface area contributed by atoms with Gasteiger partial charge in [0.15, 0.2) is 11.5 Å². The second kappa shape index (κ2) is 8.29. The molecule has 0 aromatic heterocycles. The Bertz CT molecular complexity index is 672. The Morgan fingerprint density at radius 3 is 2.30 bits per heavy atom. The van der Waals surface area contributed by atoms with Gasteiger partial charge in [0.05, 0.1) is 24.8 Å². The molecule has 6 heteroatoms. The predicted octanol–water partition coefficient (Wildman–Crippen LogP) is 3.59. The zero-order valence-corrected chi connectivity index (χ0v) is 13.6. The zero-order chi connectivity index (χ0) is 16.7. The van der Waals surface area contributed by atoms with Crippen molar-refractivity contribution in [3.8, 4) is 17.2 Å². The van der Waals surface area contributed by atoms with Gasteiger partial charge in [-0.25, -0.2) is 4.79 Å². The molecule has 2 rings (SSSR count). The number of carbonyl (C=O) groups excluding carboxylic acids is 1. The van der Waals surface area contributed by atoms with E-state index in [1.807, 2.05) is 12.1 Å². The molecular weight excluding hydrogens is 320 g/mol. The smallest absolute Gasteiger partial charge is 0.337 e. The van der Waals surface area contributed by atoms with E-state index in [9.17, 15) is 4.79 Å². The van der Waals surface area contributed by atoms with Crippen LogP contribution in [0.2, 0.25) is 5.02 Å². The maximum Gasteiger partial charge on any atom is 0.337 e. The van der Waals surface area contributed by atoms with E-state index in [2.05, 4.69) is 4.74 Å². The second-order valence-corrected chi connectivity index (χ2v) is 4.89. The molecule has 0 atom stereocenters. The Morgan fingerprint density at radius 2 is 1.65 bits per heavy atom. The summed E-state index contributed by atoms with van der Waals surface area (Å²) in [5.41, 5.74) is 0.393. The van der Waals surface area contributed by atoms with E-state index >= 15 is 0 Å². The standard InChI is InChI=1S/C17H17ClO5/c1-20-16-11-12(17(19)21-2)7-8-15(16)23-10-9-22-14-6-4-3-5-13(14)18/h3-8,11H,9-10H2,1-2H3. The summed E-state index contributed by atoms with van der Waals surface area (Å²) >= 11 is 6.00. The second-order valence-electron chi connectivity index (χ2n) is 4.48. The molecule has 23 heavy (non-hydrogen) atoms. The highest BCUT2D eigenvalue weighted by Crippen LogP contribution is 2.28. The van der Waals surface area contributed by atoms with Crippen LogP contribution in [0.25, 0.3) is 0 Å². The minimum atomic E-state index is -0.433. The third kappa shape index (κ3) is 4.53. The first-order chi connectivity index (χ1) is 11.2. The van der Waals surface area contributed by atoms with Gasteiger partial charge in [-0.3, -0.25) is 0 Å². The van der Waals surface area contributed by atoms with Crippen LogP contribution in [0.15, 0.2) is 42.5 Å². The van der Waals surface area contributed by atoms with Gasteiger partial charge in [0.2, 0.25) is 0 Å². The lowest BCUT2D eigenvalue weighted by Crippen LogP contribution is -2.10. The number of hydrogen-bond donors (Lipinski definition) is 0. The summed E-state index contributed by atoms with van der Waals surface area (Å²) in [5, 5.41) is 0.549. The van der Waals surface area contributed by atoms with Gasteiger partial charge in [0.25, 0.3) is 0 Å². The van der Waals surface area contributed by atoms with Crippen molar-refractivity contribution in [1.82, 2.24) is 0 Å². The Kier molecular flexibility index (Phi) is 6.11. The van der Waals surface area contributed by atoms with Crippen LogP contribution >= 0.6 is 11.6 Å². The Morgan fingerprint density at radius 1 is 0.957 bits per heavy atom. The van der Waals surface area contributed by atoms with Crippen molar-refractivity contribution in [2.45, 2.75) is 0 Å². The number of rotatable bonds is 7. The lowest BCUT2D eigenvalue weighted by Gasteiger charge is -2.12. The molecule has 5 nitrogen and oxygen atoms in total. The average molecular weight is 337 g/mol. The normalized spacial score (nSPS) is 10.0. The number of methoxy groups -OCH3 is 2. The first-order valence-electron chi connectivity index (χ1n) is 6.92. The zero-order valence-electron chi connectivity index (χ0n) is 12.9. The van der Waals surface area contributed by atoms with E-state index in [4.69, 9.17) is 25.8 Å². The molecule has 0 radical (unpaired) electrons. The van der Waals surface area contributed by atoms with Crippen LogP contribution in [0, 0.1) is 0 Å². The van der Waals surface area contributed by atoms with Crippen molar-refractivity contribution in [1.29, 1.82) is 0 Å². The molecule has 2 aromatic rings. The Labute approximate surface area is 139 Å². The first-order valence-corrected chi connectivity index (χ1v) is 7.30. The summed E-state index contributed by atoms with van der Waals surface area (Å²) in [4.78, 5) is 11.5. The molecule has 0 fully saturated rings. The van der Waals surface area contributed by atoms with Crippen molar-refractivity contribution in [2.24, 2.45) is 0 Å². The first kappa shape index (κ1) is 17.0. The fraction of sp³-hybridized carbons (Fsp3) is 0.235. The van der Waals surface area contributed by atoms with Crippen LogP contribution in [-0.2, 0) is 4.74 Å². The summed E-state index contributed by atoms with van der Waals surface area (Å²) in [6.07, 6.45) is 0. The minimum absolute atomic E-state index is 0.305. The van der Waals surface area contributed by atoms with E-state index in [0.29, 0.717) is 41.0 Å². The molecule has 0 heterocycles. The predicted molar refractivity (Wildman–Crippen MR) is 86.8 cm³/mol. The lowest BCUT2D eigenvalue weighted by molar-refractivity contribution is 0.0600. The largest absolute Gasteiger partial charge is 0.493 e. The molecule has 122 valence electrons. The molecular formula is C17H17ClO5. The monoisotopic (exact) mass is 336 g/mol. The molecule has 0 amide bonds. The molecule has 0 aliphatic rings. The molecule has 0 saturated heterocycles. The summed E-state index contributed by atoms with van der Waals surface area (Å²) in [5.74, 6) is 1.14.